The van der Waals surface area contributed by atoms with E-state index in [0.29, 0.717) is 17.8 Å². The fourth-order valence-electron chi connectivity index (χ4n) is 1.22. The Balaban J connectivity index is 2.81. The standard InChI is InChI=1S/C10H14ClFN2O/c1-6(2-3-15)14-10-4-7(11)8(12)5-9(10)13/h4-6,14-15H,2-3,13H2,1H3. The number of anilines is 2. The molecule has 4 N–H and O–H groups in total. The lowest BCUT2D eigenvalue weighted by molar-refractivity contribution is 0.282. The van der Waals surface area contributed by atoms with Gasteiger partial charge in [0.05, 0.1) is 16.4 Å². The molecule has 1 aromatic carbocycles. The van der Waals surface area contributed by atoms with Crippen molar-refractivity contribution in [3.63, 3.8) is 0 Å². The maximum Gasteiger partial charge on any atom is 0.143 e. The van der Waals surface area contributed by atoms with Gasteiger partial charge >= 0.3 is 0 Å². The van der Waals surface area contributed by atoms with E-state index < -0.39 is 5.82 Å². The number of hydrogen-bond donors (Lipinski definition) is 3. The lowest BCUT2D eigenvalue weighted by Crippen LogP contribution is -2.17. The number of halogens is 2. The SMILES string of the molecule is CC(CCO)Nc1cc(Cl)c(F)cc1N. The molecule has 15 heavy (non-hydrogen) atoms. The lowest BCUT2D eigenvalue weighted by atomic mass is 10.2. The predicted octanol–water partition coefficient (Wildman–Crippen LogP) is 2.24. The molecule has 1 rings (SSSR count). The minimum absolute atomic E-state index is 0.0305. The van der Waals surface area contributed by atoms with Crippen LogP contribution in [0.3, 0.4) is 0 Å². The molecule has 3 nitrogen and oxygen atoms in total. The van der Waals surface area contributed by atoms with Gasteiger partial charge in [-0.1, -0.05) is 11.6 Å². The van der Waals surface area contributed by atoms with Crippen LogP contribution in [0.15, 0.2) is 12.1 Å². The number of benzene rings is 1. The van der Waals surface area contributed by atoms with Gasteiger partial charge in [0.2, 0.25) is 0 Å². The Hall–Kier alpha value is -1.00. The molecule has 0 aromatic heterocycles. The monoisotopic (exact) mass is 232 g/mol. The molecular weight excluding hydrogens is 219 g/mol. The quantitative estimate of drug-likeness (QED) is 0.698. The molecule has 0 spiro atoms. The Labute approximate surface area is 93.0 Å². The average Bonchev–Trinajstić information content (AvgIpc) is 2.14. The van der Waals surface area contributed by atoms with Crippen LogP contribution in [0.25, 0.3) is 0 Å². The number of aliphatic hydroxyl groups is 1. The molecule has 0 aliphatic carbocycles. The molecule has 0 aliphatic rings. The summed E-state index contributed by atoms with van der Waals surface area (Å²) in [6.07, 6.45) is 0.592. The van der Waals surface area contributed by atoms with Gasteiger partial charge in [-0.2, -0.15) is 0 Å². The van der Waals surface area contributed by atoms with Crippen molar-refractivity contribution in [3.8, 4) is 0 Å². The van der Waals surface area contributed by atoms with Gasteiger partial charge in [0, 0.05) is 18.7 Å². The van der Waals surface area contributed by atoms with Crippen molar-refractivity contribution >= 4 is 23.0 Å². The molecule has 84 valence electrons. The Bertz CT molecular complexity index is 346. The highest BCUT2D eigenvalue weighted by Gasteiger charge is 2.08. The summed E-state index contributed by atoms with van der Waals surface area (Å²) in [7, 11) is 0. The van der Waals surface area contributed by atoms with Crippen LogP contribution < -0.4 is 11.1 Å². The van der Waals surface area contributed by atoms with Gasteiger partial charge in [0.1, 0.15) is 5.82 Å². The first kappa shape index (κ1) is 12.1. The van der Waals surface area contributed by atoms with Gasteiger partial charge in [-0.05, 0) is 19.4 Å². The van der Waals surface area contributed by atoms with E-state index in [2.05, 4.69) is 5.32 Å². The Kier molecular flexibility index (Phi) is 4.17. The van der Waals surface area contributed by atoms with Crippen LogP contribution in [0, 0.1) is 5.82 Å². The molecule has 0 heterocycles. The summed E-state index contributed by atoms with van der Waals surface area (Å²) in [5.41, 5.74) is 6.50. The van der Waals surface area contributed by atoms with Crippen molar-refractivity contribution in [2.24, 2.45) is 0 Å². The zero-order chi connectivity index (χ0) is 11.4. The van der Waals surface area contributed by atoms with E-state index in [1.807, 2.05) is 6.92 Å². The maximum atomic E-state index is 13.0. The van der Waals surface area contributed by atoms with Crippen LogP contribution >= 0.6 is 11.6 Å². The van der Waals surface area contributed by atoms with Gasteiger partial charge in [0.15, 0.2) is 0 Å². The van der Waals surface area contributed by atoms with Crippen LogP contribution in [0.4, 0.5) is 15.8 Å². The van der Waals surface area contributed by atoms with Gasteiger partial charge in [-0.3, -0.25) is 0 Å². The van der Waals surface area contributed by atoms with E-state index in [9.17, 15) is 4.39 Å². The molecule has 0 amide bonds. The smallest absolute Gasteiger partial charge is 0.143 e. The number of nitrogens with one attached hydrogen (secondary N) is 1. The molecule has 0 saturated carbocycles. The number of hydrogen-bond acceptors (Lipinski definition) is 3. The highest BCUT2D eigenvalue weighted by atomic mass is 35.5. The fraction of sp³-hybridized carbons (Fsp3) is 0.400. The highest BCUT2D eigenvalue weighted by Crippen LogP contribution is 2.26. The van der Waals surface area contributed by atoms with Crippen molar-refractivity contribution < 1.29 is 9.50 Å². The van der Waals surface area contributed by atoms with Crippen molar-refractivity contribution in [1.82, 2.24) is 0 Å². The van der Waals surface area contributed by atoms with Crippen LogP contribution in [0.5, 0.6) is 0 Å². The zero-order valence-electron chi connectivity index (χ0n) is 8.43. The normalized spacial score (nSPS) is 12.5. The van der Waals surface area contributed by atoms with Gasteiger partial charge in [-0.25, -0.2) is 4.39 Å². The van der Waals surface area contributed by atoms with E-state index >= 15 is 0 Å². The molecular formula is C10H14ClFN2O. The third kappa shape index (κ3) is 3.25. The average molecular weight is 233 g/mol. The van der Waals surface area contributed by atoms with Crippen molar-refractivity contribution in [2.75, 3.05) is 17.7 Å². The van der Waals surface area contributed by atoms with E-state index in [1.54, 1.807) is 0 Å². The first-order valence-corrected chi connectivity index (χ1v) is 5.04. The Morgan fingerprint density at radius 1 is 1.60 bits per heavy atom. The van der Waals surface area contributed by atoms with Crippen molar-refractivity contribution in [2.45, 2.75) is 19.4 Å². The first-order valence-electron chi connectivity index (χ1n) is 4.66. The second kappa shape index (κ2) is 5.19. The minimum atomic E-state index is -0.533. The summed E-state index contributed by atoms with van der Waals surface area (Å²) in [5, 5.41) is 11.8. The summed E-state index contributed by atoms with van der Waals surface area (Å²) < 4.78 is 13.0. The molecule has 0 saturated heterocycles. The molecule has 1 atom stereocenters. The van der Waals surface area contributed by atoms with Crippen LogP contribution in [-0.2, 0) is 0 Å². The summed E-state index contributed by atoms with van der Waals surface area (Å²) >= 11 is 5.63. The van der Waals surface area contributed by atoms with Crippen molar-refractivity contribution in [3.05, 3.63) is 23.0 Å². The molecule has 5 heteroatoms. The zero-order valence-corrected chi connectivity index (χ0v) is 9.18. The van der Waals surface area contributed by atoms with E-state index in [4.69, 9.17) is 22.4 Å². The van der Waals surface area contributed by atoms with Crippen LogP contribution in [-0.4, -0.2) is 17.8 Å². The topological polar surface area (TPSA) is 58.3 Å². The molecule has 0 fully saturated rings. The minimum Gasteiger partial charge on any atom is -0.397 e. The number of nitrogens with two attached hydrogens (primary N) is 1. The van der Waals surface area contributed by atoms with Gasteiger partial charge in [0.25, 0.3) is 0 Å². The summed E-state index contributed by atoms with van der Waals surface area (Å²) in [6, 6.07) is 2.68. The highest BCUT2D eigenvalue weighted by molar-refractivity contribution is 6.31. The Morgan fingerprint density at radius 3 is 2.87 bits per heavy atom. The number of aliphatic hydroxyl groups excluding tert-OH is 1. The molecule has 0 bridgehead atoms. The van der Waals surface area contributed by atoms with Crippen molar-refractivity contribution in [1.29, 1.82) is 0 Å². The number of nitrogen functional groups attached to an aromatic ring is 1. The maximum absolute atomic E-state index is 13.0. The molecule has 0 radical (unpaired) electrons. The van der Waals surface area contributed by atoms with Crippen LogP contribution in [0.2, 0.25) is 5.02 Å². The lowest BCUT2D eigenvalue weighted by Gasteiger charge is -2.16. The number of rotatable bonds is 4. The third-order valence-electron chi connectivity index (χ3n) is 2.06. The summed E-state index contributed by atoms with van der Waals surface area (Å²) in [4.78, 5) is 0. The van der Waals surface area contributed by atoms with Gasteiger partial charge < -0.3 is 16.2 Å². The summed E-state index contributed by atoms with van der Waals surface area (Å²) in [5.74, 6) is -0.533. The molecule has 1 aromatic rings. The predicted molar refractivity (Wildman–Crippen MR) is 60.6 cm³/mol. The fourth-order valence-corrected chi connectivity index (χ4v) is 1.38. The van der Waals surface area contributed by atoms with Crippen LogP contribution in [0.1, 0.15) is 13.3 Å². The van der Waals surface area contributed by atoms with Gasteiger partial charge in [-0.15, -0.1) is 0 Å². The van der Waals surface area contributed by atoms with E-state index in [1.165, 1.54) is 12.1 Å². The molecule has 1 unspecified atom stereocenters. The van der Waals surface area contributed by atoms with E-state index in [0.717, 1.165) is 0 Å². The summed E-state index contributed by atoms with van der Waals surface area (Å²) in [6.45, 7) is 1.98. The second-order valence-electron chi connectivity index (χ2n) is 3.41. The Morgan fingerprint density at radius 2 is 2.27 bits per heavy atom. The third-order valence-corrected chi connectivity index (χ3v) is 2.35. The largest absolute Gasteiger partial charge is 0.397 e. The molecule has 0 aliphatic heterocycles. The second-order valence-corrected chi connectivity index (χ2v) is 3.82. The first-order chi connectivity index (χ1) is 7.04. The van der Waals surface area contributed by atoms with E-state index in [-0.39, 0.29) is 17.7 Å².